The number of hydrogen-bond acceptors (Lipinski definition) is 9. The van der Waals surface area contributed by atoms with Crippen LogP contribution in [0.25, 0.3) is 0 Å². The molecule has 0 aliphatic rings. The van der Waals surface area contributed by atoms with Crippen molar-refractivity contribution >= 4 is 23.4 Å². The highest BCUT2D eigenvalue weighted by atomic mass is 32.2. The quantitative estimate of drug-likeness (QED) is 0.495. The van der Waals surface area contributed by atoms with E-state index in [9.17, 15) is 10.1 Å². The molecule has 100 valence electrons. The Bertz CT molecular complexity index is 601. The van der Waals surface area contributed by atoms with Crippen LogP contribution in [0.1, 0.15) is 12.8 Å². The number of rotatable bonds is 5. The number of aromatic nitrogens is 4. The number of aryl methyl sites for hydroxylation is 1. The molecule has 1 N–H and O–H groups in total. The van der Waals surface area contributed by atoms with Gasteiger partial charge in [0.05, 0.1) is 4.92 Å². The van der Waals surface area contributed by atoms with E-state index in [1.54, 1.807) is 6.92 Å². The summed E-state index contributed by atoms with van der Waals surface area (Å²) >= 11 is 0.930. The second kappa shape index (κ2) is 5.61. The van der Waals surface area contributed by atoms with Crippen molar-refractivity contribution in [2.75, 3.05) is 11.9 Å². The van der Waals surface area contributed by atoms with Crippen molar-refractivity contribution in [1.29, 1.82) is 0 Å². The molecule has 2 aromatic rings. The first-order chi connectivity index (χ1) is 9.10. The summed E-state index contributed by atoms with van der Waals surface area (Å²) in [6.45, 7) is 4.12. The van der Waals surface area contributed by atoms with Gasteiger partial charge >= 0.3 is 5.69 Å². The zero-order valence-corrected chi connectivity index (χ0v) is 11.0. The molecule has 0 atom stereocenters. The first-order valence-electron chi connectivity index (χ1n) is 5.33. The van der Waals surface area contributed by atoms with Crippen molar-refractivity contribution in [2.45, 2.75) is 24.1 Å². The lowest BCUT2D eigenvalue weighted by atomic mass is 10.5. The molecule has 0 saturated carbocycles. The van der Waals surface area contributed by atoms with Crippen molar-refractivity contribution < 1.29 is 9.34 Å². The lowest BCUT2D eigenvalue weighted by Gasteiger charge is -2.03. The molecule has 0 aliphatic carbocycles. The minimum absolute atomic E-state index is 0.152. The zero-order chi connectivity index (χ0) is 13.8. The topological polar surface area (TPSA) is 120 Å². The molecule has 9 nitrogen and oxygen atoms in total. The lowest BCUT2D eigenvalue weighted by Crippen LogP contribution is -2.04. The van der Waals surface area contributed by atoms with Gasteiger partial charge in [-0.15, -0.1) is 10.2 Å². The minimum atomic E-state index is -0.554. The van der Waals surface area contributed by atoms with Crippen LogP contribution in [0.5, 0.6) is 0 Å². The van der Waals surface area contributed by atoms with Crippen LogP contribution in [0.3, 0.4) is 0 Å². The van der Waals surface area contributed by atoms with E-state index in [4.69, 9.17) is 4.42 Å². The molecule has 10 heteroatoms. The Morgan fingerprint density at radius 2 is 2.32 bits per heavy atom. The summed E-state index contributed by atoms with van der Waals surface area (Å²) in [6, 6.07) is 0. The van der Waals surface area contributed by atoms with Gasteiger partial charge < -0.3 is 9.73 Å². The summed E-state index contributed by atoms with van der Waals surface area (Å²) in [4.78, 5) is 18.3. The fourth-order valence-corrected chi connectivity index (χ4v) is 1.98. The van der Waals surface area contributed by atoms with Crippen LogP contribution in [0.4, 0.5) is 11.6 Å². The van der Waals surface area contributed by atoms with Gasteiger partial charge in [0, 0.05) is 13.5 Å². The van der Waals surface area contributed by atoms with Gasteiger partial charge in [0.15, 0.2) is 5.03 Å². The van der Waals surface area contributed by atoms with E-state index < -0.39 is 4.92 Å². The number of anilines is 1. The Morgan fingerprint density at radius 3 is 2.89 bits per heavy atom. The van der Waals surface area contributed by atoms with Crippen LogP contribution >= 0.6 is 11.8 Å². The third-order valence-electron chi connectivity index (χ3n) is 1.96. The third-order valence-corrected chi connectivity index (χ3v) is 2.79. The average Bonchev–Trinajstić information content (AvgIpc) is 2.75. The SMILES string of the molecule is CCNc1ncc([N+](=O)[O-])c(Sc2nnc(C)o2)n1. The van der Waals surface area contributed by atoms with Crippen LogP contribution in [0.2, 0.25) is 0 Å². The lowest BCUT2D eigenvalue weighted by molar-refractivity contribution is -0.388. The standard InChI is InChI=1S/C9H10N6O3S/c1-3-10-8-11-4-6(15(16)17)7(12-8)19-9-14-13-5(2)18-9/h4H,3H2,1-2H3,(H,10,11,12). The normalized spacial score (nSPS) is 10.4. The first-order valence-corrected chi connectivity index (χ1v) is 6.15. The average molecular weight is 282 g/mol. The molecule has 19 heavy (non-hydrogen) atoms. The Balaban J connectivity index is 2.34. The van der Waals surface area contributed by atoms with Gasteiger partial charge in [0.1, 0.15) is 6.20 Å². The summed E-state index contributed by atoms with van der Waals surface area (Å²) < 4.78 is 5.16. The fourth-order valence-electron chi connectivity index (χ4n) is 1.21. The van der Waals surface area contributed by atoms with Crippen molar-refractivity contribution in [3.8, 4) is 0 Å². The molecular weight excluding hydrogens is 272 g/mol. The summed E-state index contributed by atoms with van der Waals surface area (Å²) in [7, 11) is 0. The van der Waals surface area contributed by atoms with Crippen LogP contribution < -0.4 is 5.32 Å². The maximum Gasteiger partial charge on any atom is 0.320 e. The van der Waals surface area contributed by atoms with E-state index in [-0.39, 0.29) is 15.9 Å². The monoisotopic (exact) mass is 282 g/mol. The number of nitrogens with zero attached hydrogens (tertiary/aromatic N) is 5. The summed E-state index contributed by atoms with van der Waals surface area (Å²) in [6.07, 6.45) is 1.15. The molecule has 2 heterocycles. The summed E-state index contributed by atoms with van der Waals surface area (Å²) in [5.41, 5.74) is -0.206. The highest BCUT2D eigenvalue weighted by Crippen LogP contribution is 2.32. The highest BCUT2D eigenvalue weighted by molar-refractivity contribution is 7.99. The molecule has 0 bridgehead atoms. The van der Waals surface area contributed by atoms with E-state index in [0.717, 1.165) is 18.0 Å². The van der Waals surface area contributed by atoms with Gasteiger partial charge in [0.2, 0.25) is 11.8 Å². The van der Waals surface area contributed by atoms with Crippen LogP contribution in [0.15, 0.2) is 20.9 Å². The first kappa shape index (κ1) is 13.2. The van der Waals surface area contributed by atoms with Crippen LogP contribution in [-0.4, -0.2) is 31.6 Å². The molecule has 0 spiro atoms. The molecule has 0 saturated heterocycles. The van der Waals surface area contributed by atoms with Gasteiger partial charge in [-0.2, -0.15) is 4.98 Å². The molecule has 0 aromatic carbocycles. The van der Waals surface area contributed by atoms with Crippen molar-refractivity contribution in [1.82, 2.24) is 20.2 Å². The van der Waals surface area contributed by atoms with E-state index in [1.165, 1.54) is 0 Å². The fraction of sp³-hybridized carbons (Fsp3) is 0.333. The van der Waals surface area contributed by atoms with E-state index in [1.807, 2.05) is 6.92 Å². The van der Waals surface area contributed by atoms with E-state index in [0.29, 0.717) is 18.4 Å². The molecular formula is C9H10N6O3S. The molecule has 0 aliphatic heterocycles. The minimum Gasteiger partial charge on any atom is -0.416 e. The Hall–Kier alpha value is -2.23. The second-order valence-electron chi connectivity index (χ2n) is 3.36. The predicted octanol–water partition coefficient (Wildman–Crippen LogP) is 1.66. The van der Waals surface area contributed by atoms with Crippen LogP contribution in [-0.2, 0) is 0 Å². The molecule has 0 radical (unpaired) electrons. The molecule has 2 rings (SSSR count). The zero-order valence-electron chi connectivity index (χ0n) is 10.2. The van der Waals surface area contributed by atoms with Gasteiger partial charge in [0.25, 0.3) is 5.22 Å². The number of nitrogens with one attached hydrogen (secondary N) is 1. The van der Waals surface area contributed by atoms with Gasteiger partial charge in [-0.05, 0) is 18.7 Å². The van der Waals surface area contributed by atoms with Crippen molar-refractivity contribution in [3.63, 3.8) is 0 Å². The molecule has 0 amide bonds. The smallest absolute Gasteiger partial charge is 0.320 e. The Labute approximate surface area is 112 Å². The number of hydrogen-bond donors (Lipinski definition) is 1. The highest BCUT2D eigenvalue weighted by Gasteiger charge is 2.20. The third kappa shape index (κ3) is 3.16. The van der Waals surface area contributed by atoms with Crippen molar-refractivity contribution in [3.05, 3.63) is 22.2 Å². The summed E-state index contributed by atoms with van der Waals surface area (Å²) in [5, 5.41) is 21.5. The van der Waals surface area contributed by atoms with E-state index in [2.05, 4.69) is 25.5 Å². The Morgan fingerprint density at radius 1 is 1.53 bits per heavy atom. The van der Waals surface area contributed by atoms with Crippen molar-refractivity contribution in [2.24, 2.45) is 0 Å². The van der Waals surface area contributed by atoms with Gasteiger partial charge in [-0.25, -0.2) is 4.98 Å². The predicted molar refractivity (Wildman–Crippen MR) is 66.0 cm³/mol. The largest absolute Gasteiger partial charge is 0.416 e. The van der Waals surface area contributed by atoms with Crippen LogP contribution in [0, 0.1) is 17.0 Å². The maximum atomic E-state index is 10.9. The van der Waals surface area contributed by atoms with E-state index >= 15 is 0 Å². The maximum absolute atomic E-state index is 10.9. The molecule has 0 fully saturated rings. The second-order valence-corrected chi connectivity index (χ2v) is 4.30. The van der Waals surface area contributed by atoms with Gasteiger partial charge in [-0.3, -0.25) is 10.1 Å². The Kier molecular flexibility index (Phi) is 3.90. The number of nitro groups is 1. The van der Waals surface area contributed by atoms with Gasteiger partial charge in [-0.1, -0.05) is 0 Å². The summed E-state index contributed by atoms with van der Waals surface area (Å²) in [5.74, 6) is 0.693. The molecule has 2 aromatic heterocycles. The molecule has 0 unspecified atom stereocenters.